The van der Waals surface area contributed by atoms with Gasteiger partial charge in [0.05, 0.1) is 25.2 Å². The molecule has 23 heavy (non-hydrogen) atoms. The minimum atomic E-state index is -0.319. The van der Waals surface area contributed by atoms with E-state index in [1.807, 2.05) is 30.3 Å². The van der Waals surface area contributed by atoms with Gasteiger partial charge in [0.2, 0.25) is 11.7 Å². The molecule has 0 spiro atoms. The molecule has 0 fully saturated rings. The molecule has 0 aliphatic rings. The van der Waals surface area contributed by atoms with E-state index in [2.05, 4.69) is 10.1 Å². The minimum Gasteiger partial charge on any atom is -0.376 e. The maximum absolute atomic E-state index is 14.0. The van der Waals surface area contributed by atoms with Crippen molar-refractivity contribution in [1.82, 2.24) is 10.1 Å². The Morgan fingerprint density at radius 3 is 2.74 bits per heavy atom. The topological polar surface area (TPSA) is 48.2 Å². The molecule has 0 atom stereocenters. The Morgan fingerprint density at radius 1 is 1.09 bits per heavy atom. The van der Waals surface area contributed by atoms with Gasteiger partial charge in [-0.1, -0.05) is 47.6 Å². The van der Waals surface area contributed by atoms with Crippen LogP contribution in [-0.2, 0) is 17.8 Å². The van der Waals surface area contributed by atoms with Gasteiger partial charge in [0.1, 0.15) is 5.82 Å². The third-order valence-electron chi connectivity index (χ3n) is 3.47. The highest BCUT2D eigenvalue weighted by Crippen LogP contribution is 2.22. The summed E-state index contributed by atoms with van der Waals surface area (Å²) in [4.78, 5) is 4.23. The fraction of sp³-hybridized carbons (Fsp3) is 0.222. The van der Waals surface area contributed by atoms with Gasteiger partial charge < -0.3 is 9.26 Å². The van der Waals surface area contributed by atoms with E-state index in [0.29, 0.717) is 36.7 Å². The minimum absolute atomic E-state index is 0.268. The van der Waals surface area contributed by atoms with E-state index in [-0.39, 0.29) is 11.6 Å². The second kappa shape index (κ2) is 7.15. The molecule has 0 saturated heterocycles. The smallest absolute Gasteiger partial charge is 0.229 e. The first-order valence-electron chi connectivity index (χ1n) is 7.44. The summed E-state index contributed by atoms with van der Waals surface area (Å²) in [5.74, 6) is 0.387. The molecule has 1 heterocycles. The maximum Gasteiger partial charge on any atom is 0.229 e. The van der Waals surface area contributed by atoms with Gasteiger partial charge in [0.25, 0.3) is 0 Å². The number of nitrogens with zero attached hydrogens (tertiary/aromatic N) is 2. The first-order chi connectivity index (χ1) is 11.2. The van der Waals surface area contributed by atoms with E-state index in [1.54, 1.807) is 25.1 Å². The van der Waals surface area contributed by atoms with Crippen molar-refractivity contribution in [3.8, 4) is 11.4 Å². The number of rotatable bonds is 6. The molecular formula is C18H17FN2O2. The zero-order chi connectivity index (χ0) is 16.1. The monoisotopic (exact) mass is 312 g/mol. The van der Waals surface area contributed by atoms with Crippen molar-refractivity contribution in [3.05, 3.63) is 71.4 Å². The molecule has 3 rings (SSSR count). The summed E-state index contributed by atoms with van der Waals surface area (Å²) >= 11 is 0. The number of hydrogen-bond acceptors (Lipinski definition) is 4. The van der Waals surface area contributed by atoms with E-state index in [9.17, 15) is 4.39 Å². The molecule has 4 nitrogen and oxygen atoms in total. The summed E-state index contributed by atoms with van der Waals surface area (Å²) in [6.45, 7) is 2.71. The van der Waals surface area contributed by atoms with Crippen LogP contribution in [0.2, 0.25) is 0 Å². The standard InChI is InChI=1S/C18H17FN2O2/c1-13-6-5-9-15(17(13)19)18-20-16(23-21-18)10-11-22-12-14-7-3-2-4-8-14/h2-9H,10-12H2,1H3. The summed E-state index contributed by atoms with van der Waals surface area (Å²) in [6.07, 6.45) is 0.493. The summed E-state index contributed by atoms with van der Waals surface area (Å²) < 4.78 is 24.8. The van der Waals surface area contributed by atoms with Crippen molar-refractivity contribution >= 4 is 0 Å². The molecule has 0 unspecified atom stereocenters. The van der Waals surface area contributed by atoms with Crippen LogP contribution in [0.15, 0.2) is 53.1 Å². The van der Waals surface area contributed by atoms with Crippen LogP contribution in [0.3, 0.4) is 0 Å². The Labute approximate surface area is 133 Å². The first-order valence-corrected chi connectivity index (χ1v) is 7.44. The van der Waals surface area contributed by atoms with Gasteiger partial charge in [-0.25, -0.2) is 4.39 Å². The molecule has 0 bridgehead atoms. The van der Waals surface area contributed by atoms with Crippen molar-refractivity contribution in [1.29, 1.82) is 0 Å². The molecule has 3 aromatic rings. The molecule has 5 heteroatoms. The van der Waals surface area contributed by atoms with Crippen molar-refractivity contribution < 1.29 is 13.7 Å². The average Bonchev–Trinajstić information content (AvgIpc) is 3.04. The normalized spacial score (nSPS) is 10.9. The number of aromatic nitrogens is 2. The lowest BCUT2D eigenvalue weighted by Crippen LogP contribution is -1.99. The van der Waals surface area contributed by atoms with E-state index in [0.717, 1.165) is 5.56 Å². The van der Waals surface area contributed by atoms with Crippen molar-refractivity contribution in [2.75, 3.05) is 6.61 Å². The molecule has 0 saturated carbocycles. The second-order valence-corrected chi connectivity index (χ2v) is 5.24. The quantitative estimate of drug-likeness (QED) is 0.647. The highest BCUT2D eigenvalue weighted by atomic mass is 19.1. The van der Waals surface area contributed by atoms with E-state index in [4.69, 9.17) is 9.26 Å². The number of halogens is 1. The average molecular weight is 312 g/mol. The van der Waals surface area contributed by atoms with Crippen LogP contribution in [0.5, 0.6) is 0 Å². The second-order valence-electron chi connectivity index (χ2n) is 5.24. The summed E-state index contributed by atoms with van der Waals surface area (Å²) in [5, 5.41) is 3.84. The van der Waals surface area contributed by atoms with E-state index in [1.165, 1.54) is 0 Å². The Kier molecular flexibility index (Phi) is 4.78. The Hall–Kier alpha value is -2.53. The van der Waals surface area contributed by atoms with Crippen LogP contribution < -0.4 is 0 Å². The molecule has 118 valence electrons. The lowest BCUT2D eigenvalue weighted by Gasteiger charge is -2.02. The number of hydrogen-bond donors (Lipinski definition) is 0. The maximum atomic E-state index is 14.0. The zero-order valence-electron chi connectivity index (χ0n) is 12.8. The summed E-state index contributed by atoms with van der Waals surface area (Å²) in [5.41, 5.74) is 2.02. The lowest BCUT2D eigenvalue weighted by atomic mass is 10.1. The van der Waals surface area contributed by atoms with Gasteiger partial charge in [-0.3, -0.25) is 0 Å². The van der Waals surface area contributed by atoms with Gasteiger partial charge in [-0.15, -0.1) is 0 Å². The van der Waals surface area contributed by atoms with Crippen molar-refractivity contribution in [2.45, 2.75) is 20.0 Å². The Morgan fingerprint density at radius 2 is 1.91 bits per heavy atom. The fourth-order valence-corrected chi connectivity index (χ4v) is 2.21. The van der Waals surface area contributed by atoms with Crippen LogP contribution >= 0.6 is 0 Å². The van der Waals surface area contributed by atoms with Gasteiger partial charge in [-0.05, 0) is 24.1 Å². The van der Waals surface area contributed by atoms with Crippen LogP contribution in [0.4, 0.5) is 4.39 Å². The first kappa shape index (κ1) is 15.4. The number of benzene rings is 2. The van der Waals surface area contributed by atoms with Crippen LogP contribution in [0.1, 0.15) is 17.0 Å². The highest BCUT2D eigenvalue weighted by Gasteiger charge is 2.13. The zero-order valence-corrected chi connectivity index (χ0v) is 12.8. The van der Waals surface area contributed by atoms with E-state index >= 15 is 0 Å². The third-order valence-corrected chi connectivity index (χ3v) is 3.47. The predicted molar refractivity (Wildman–Crippen MR) is 84.2 cm³/mol. The molecule has 0 radical (unpaired) electrons. The molecule has 2 aromatic carbocycles. The van der Waals surface area contributed by atoms with Crippen molar-refractivity contribution in [3.63, 3.8) is 0 Å². The highest BCUT2D eigenvalue weighted by molar-refractivity contribution is 5.56. The molecule has 0 aliphatic heterocycles. The fourth-order valence-electron chi connectivity index (χ4n) is 2.21. The van der Waals surface area contributed by atoms with Crippen LogP contribution in [0, 0.1) is 12.7 Å². The molecular weight excluding hydrogens is 295 g/mol. The number of aryl methyl sites for hydroxylation is 1. The number of ether oxygens (including phenoxy) is 1. The summed E-state index contributed by atoms with van der Waals surface area (Å²) in [7, 11) is 0. The predicted octanol–water partition coefficient (Wildman–Crippen LogP) is 3.94. The Bertz CT molecular complexity index is 772. The largest absolute Gasteiger partial charge is 0.376 e. The summed E-state index contributed by atoms with van der Waals surface area (Å²) in [6, 6.07) is 15.0. The van der Waals surface area contributed by atoms with Crippen molar-refractivity contribution in [2.24, 2.45) is 0 Å². The van der Waals surface area contributed by atoms with Crippen LogP contribution in [0.25, 0.3) is 11.4 Å². The molecule has 0 aliphatic carbocycles. The Balaban J connectivity index is 1.56. The third kappa shape index (κ3) is 3.81. The van der Waals surface area contributed by atoms with Gasteiger partial charge >= 0.3 is 0 Å². The van der Waals surface area contributed by atoms with Crippen LogP contribution in [-0.4, -0.2) is 16.7 Å². The van der Waals surface area contributed by atoms with Gasteiger partial charge in [0.15, 0.2) is 0 Å². The van der Waals surface area contributed by atoms with Gasteiger partial charge in [0, 0.05) is 0 Å². The lowest BCUT2D eigenvalue weighted by molar-refractivity contribution is 0.118. The molecule has 1 aromatic heterocycles. The molecule has 0 amide bonds. The van der Waals surface area contributed by atoms with E-state index < -0.39 is 0 Å². The van der Waals surface area contributed by atoms with Gasteiger partial charge in [-0.2, -0.15) is 4.98 Å². The molecule has 0 N–H and O–H groups in total. The SMILES string of the molecule is Cc1cccc(-c2noc(CCOCc3ccccc3)n2)c1F.